The number of carbonyl (C=O) groups excluding carboxylic acids is 1. The Balaban J connectivity index is 1.41. The molecule has 0 aromatic heterocycles. The van der Waals surface area contributed by atoms with Crippen LogP contribution in [0.2, 0.25) is 0 Å². The molecule has 0 N–H and O–H groups in total. The van der Waals surface area contributed by atoms with Crippen molar-refractivity contribution < 1.29 is 14.0 Å². The number of hydrogen-bond donors (Lipinski definition) is 0. The summed E-state index contributed by atoms with van der Waals surface area (Å²) in [5.41, 5.74) is 0. The molecule has 0 radical (unpaired) electrons. The Hall–Kier alpha value is -0.570. The third-order valence-corrected chi connectivity index (χ3v) is 7.95. The molecule has 30 heavy (non-hydrogen) atoms. The van der Waals surface area contributed by atoms with Crippen molar-refractivity contribution in [2.24, 2.45) is 5.92 Å². The maximum absolute atomic E-state index is 12.2. The van der Waals surface area contributed by atoms with E-state index in [1.807, 2.05) is 0 Å². The summed E-state index contributed by atoms with van der Waals surface area (Å²) in [6, 6.07) is 0.733. The number of hydrogen-bond acceptors (Lipinski definition) is 2. The predicted molar refractivity (Wildman–Crippen MR) is 128 cm³/mol. The number of rotatable bonds is 16. The molecule has 0 bridgehead atoms. The van der Waals surface area contributed by atoms with Crippen LogP contribution >= 0.6 is 0 Å². The smallest absolute Gasteiger partial charge is 0.305 e. The molecular weight excluding hydrogens is 370 g/mol. The van der Waals surface area contributed by atoms with E-state index in [9.17, 15) is 4.79 Å². The van der Waals surface area contributed by atoms with Crippen LogP contribution in [0.25, 0.3) is 0 Å². The second kappa shape index (κ2) is 15.3. The fourth-order valence-electron chi connectivity index (χ4n) is 5.99. The first-order valence-corrected chi connectivity index (χ1v) is 13.7. The Morgan fingerprint density at radius 3 is 1.97 bits per heavy atom. The number of fused-ring (bicyclic) bond motifs is 1. The van der Waals surface area contributed by atoms with Gasteiger partial charge < -0.3 is 9.22 Å². The van der Waals surface area contributed by atoms with E-state index in [0.717, 1.165) is 12.5 Å². The summed E-state index contributed by atoms with van der Waals surface area (Å²) >= 11 is 0. The van der Waals surface area contributed by atoms with Gasteiger partial charge in [0, 0.05) is 18.8 Å². The molecule has 0 aromatic rings. The summed E-state index contributed by atoms with van der Waals surface area (Å²) in [7, 11) is 2.44. The van der Waals surface area contributed by atoms with Crippen LogP contribution in [0.5, 0.6) is 0 Å². The standard InChI is InChI=1S/C27H52NO2/c1-3-4-5-6-7-8-9-10-11-12-13-14-15-21-27(29)30-24-25-19-18-23-28(2)22-17-16-20-26(25)28/h25-26H,3-24H2,1-2H3/q+1/t25-,26+,28?/m1/s1. The van der Waals surface area contributed by atoms with Crippen molar-refractivity contribution in [3.63, 3.8) is 0 Å². The van der Waals surface area contributed by atoms with Crippen LogP contribution in [0.1, 0.15) is 129 Å². The lowest BCUT2D eigenvalue weighted by atomic mass is 9.82. The fraction of sp³-hybridized carbons (Fsp3) is 0.963. The van der Waals surface area contributed by atoms with E-state index < -0.39 is 0 Å². The van der Waals surface area contributed by atoms with Gasteiger partial charge in [0.15, 0.2) is 0 Å². The third kappa shape index (κ3) is 9.71. The molecule has 2 aliphatic heterocycles. The van der Waals surface area contributed by atoms with Gasteiger partial charge in [0.05, 0.1) is 32.8 Å². The zero-order valence-electron chi connectivity index (χ0n) is 20.5. The molecule has 0 aromatic carbocycles. The second-order valence-corrected chi connectivity index (χ2v) is 10.6. The predicted octanol–water partition coefficient (Wildman–Crippen LogP) is 7.42. The number of unbranched alkanes of at least 4 members (excludes halogenated alkanes) is 12. The molecule has 0 spiro atoms. The van der Waals surface area contributed by atoms with Crippen LogP contribution in [0, 0.1) is 5.92 Å². The molecule has 1 unspecified atom stereocenters. The van der Waals surface area contributed by atoms with Crippen LogP contribution in [0.4, 0.5) is 0 Å². The fourth-order valence-corrected chi connectivity index (χ4v) is 5.99. The minimum Gasteiger partial charge on any atom is -0.465 e. The molecule has 2 fully saturated rings. The lowest BCUT2D eigenvalue weighted by molar-refractivity contribution is -0.947. The van der Waals surface area contributed by atoms with Crippen molar-refractivity contribution in [3.05, 3.63) is 0 Å². The van der Waals surface area contributed by atoms with Crippen molar-refractivity contribution in [2.75, 3.05) is 26.7 Å². The largest absolute Gasteiger partial charge is 0.465 e. The quantitative estimate of drug-likeness (QED) is 0.147. The number of quaternary nitrogens is 1. The average Bonchev–Trinajstić information content (AvgIpc) is 2.75. The van der Waals surface area contributed by atoms with E-state index in [1.54, 1.807) is 0 Å². The van der Waals surface area contributed by atoms with E-state index in [1.165, 1.54) is 127 Å². The first kappa shape index (κ1) is 25.7. The molecule has 2 saturated heterocycles. The molecule has 2 heterocycles. The van der Waals surface area contributed by atoms with E-state index in [2.05, 4.69) is 14.0 Å². The third-order valence-electron chi connectivity index (χ3n) is 7.95. The number of carbonyl (C=O) groups is 1. The van der Waals surface area contributed by atoms with Crippen LogP contribution < -0.4 is 0 Å². The van der Waals surface area contributed by atoms with E-state index >= 15 is 0 Å². The summed E-state index contributed by atoms with van der Waals surface area (Å²) in [5, 5.41) is 0. The number of esters is 1. The Morgan fingerprint density at radius 2 is 1.33 bits per heavy atom. The molecule has 3 atom stereocenters. The van der Waals surface area contributed by atoms with E-state index in [0.29, 0.717) is 18.9 Å². The van der Waals surface area contributed by atoms with Gasteiger partial charge in [-0.1, -0.05) is 84.0 Å². The maximum atomic E-state index is 12.2. The highest BCUT2D eigenvalue weighted by atomic mass is 16.5. The van der Waals surface area contributed by atoms with Gasteiger partial charge in [0.25, 0.3) is 0 Å². The molecular formula is C27H52NO2+. The van der Waals surface area contributed by atoms with Crippen LogP contribution in [0.15, 0.2) is 0 Å². The minimum atomic E-state index is 0.0497. The zero-order chi connectivity index (χ0) is 21.5. The Bertz CT molecular complexity index is 448. The van der Waals surface area contributed by atoms with Crippen molar-refractivity contribution in [1.82, 2.24) is 0 Å². The zero-order valence-corrected chi connectivity index (χ0v) is 20.5. The van der Waals surface area contributed by atoms with Gasteiger partial charge in [-0.05, 0) is 32.1 Å². The number of ether oxygens (including phenoxy) is 1. The summed E-state index contributed by atoms with van der Waals surface area (Å²) in [5.74, 6) is 0.647. The van der Waals surface area contributed by atoms with Gasteiger partial charge >= 0.3 is 5.97 Å². The molecule has 176 valence electrons. The van der Waals surface area contributed by atoms with Gasteiger partial charge in [0.2, 0.25) is 0 Å². The monoisotopic (exact) mass is 422 g/mol. The van der Waals surface area contributed by atoms with Crippen LogP contribution in [0.3, 0.4) is 0 Å². The summed E-state index contributed by atoms with van der Waals surface area (Å²) in [6.07, 6.45) is 24.7. The lowest BCUT2D eigenvalue weighted by Crippen LogP contribution is -2.61. The highest BCUT2D eigenvalue weighted by Crippen LogP contribution is 2.36. The molecule has 0 saturated carbocycles. The first-order chi connectivity index (χ1) is 14.7. The summed E-state index contributed by atoms with van der Waals surface area (Å²) in [4.78, 5) is 12.2. The van der Waals surface area contributed by atoms with Gasteiger partial charge in [0.1, 0.15) is 0 Å². The van der Waals surface area contributed by atoms with Crippen molar-refractivity contribution in [1.29, 1.82) is 0 Å². The van der Waals surface area contributed by atoms with E-state index in [-0.39, 0.29) is 5.97 Å². The van der Waals surface area contributed by atoms with Crippen LogP contribution in [-0.2, 0) is 9.53 Å². The first-order valence-electron chi connectivity index (χ1n) is 13.7. The molecule has 2 aliphatic rings. The SMILES string of the molecule is CCCCCCCCCCCCCCCC(=O)OC[C@H]1CCC[N+]2(C)CCCC[C@@H]12. The molecule has 3 nitrogen and oxygen atoms in total. The van der Waals surface area contributed by atoms with Gasteiger partial charge in [-0.25, -0.2) is 0 Å². The van der Waals surface area contributed by atoms with Gasteiger partial charge in [-0.3, -0.25) is 4.79 Å². The van der Waals surface area contributed by atoms with Crippen molar-refractivity contribution >= 4 is 5.97 Å². The molecule has 0 aliphatic carbocycles. The Morgan fingerprint density at radius 1 is 0.767 bits per heavy atom. The highest BCUT2D eigenvalue weighted by Gasteiger charge is 2.43. The van der Waals surface area contributed by atoms with E-state index in [4.69, 9.17) is 4.74 Å². The maximum Gasteiger partial charge on any atom is 0.305 e. The number of piperidine rings is 2. The topological polar surface area (TPSA) is 26.3 Å². The van der Waals surface area contributed by atoms with Crippen molar-refractivity contribution in [2.45, 2.75) is 135 Å². The highest BCUT2D eigenvalue weighted by molar-refractivity contribution is 5.69. The summed E-state index contributed by atoms with van der Waals surface area (Å²) in [6.45, 7) is 5.61. The van der Waals surface area contributed by atoms with Crippen molar-refractivity contribution in [3.8, 4) is 0 Å². The number of nitrogens with zero attached hydrogens (tertiary/aromatic N) is 1. The second-order valence-electron chi connectivity index (χ2n) is 10.6. The Kier molecular flexibility index (Phi) is 13.1. The van der Waals surface area contributed by atoms with Gasteiger partial charge in [-0.15, -0.1) is 0 Å². The molecule has 3 heteroatoms. The van der Waals surface area contributed by atoms with Gasteiger partial charge in [-0.2, -0.15) is 0 Å². The van der Waals surface area contributed by atoms with Crippen LogP contribution in [-0.4, -0.2) is 43.2 Å². The normalized spacial score (nSPS) is 26.3. The lowest BCUT2D eigenvalue weighted by Gasteiger charge is -2.51. The molecule has 2 rings (SSSR count). The minimum absolute atomic E-state index is 0.0497. The average molecular weight is 423 g/mol. The Labute approximate surface area is 187 Å². The molecule has 0 amide bonds. The summed E-state index contributed by atoms with van der Waals surface area (Å²) < 4.78 is 6.97.